The first-order valence-corrected chi connectivity index (χ1v) is 17.2. The Kier molecular flexibility index (Phi) is 13.3. The molecule has 14 heteroatoms. The van der Waals surface area contributed by atoms with Gasteiger partial charge >= 0.3 is 18.3 Å². The molecule has 2 saturated heterocycles. The molecule has 1 aromatic rings. The van der Waals surface area contributed by atoms with Gasteiger partial charge in [0.15, 0.2) is 0 Å². The van der Waals surface area contributed by atoms with Crippen molar-refractivity contribution >= 4 is 24.1 Å². The lowest BCUT2D eigenvalue weighted by atomic mass is 9.98. The molecule has 3 atom stereocenters. The number of carbonyl (C=O) groups is 3. The van der Waals surface area contributed by atoms with Gasteiger partial charge in [-0.2, -0.15) is 0 Å². The van der Waals surface area contributed by atoms with Crippen molar-refractivity contribution in [2.45, 2.75) is 130 Å². The molecule has 0 spiro atoms. The van der Waals surface area contributed by atoms with Crippen LogP contribution in [0, 0.1) is 12.8 Å². The standard InChI is InChI=1S/C35H57F2N5O7/c1-23-17-25(39-28(18-23)40-29(43)47-32(2,3)4)19-24-20-42(31(45)49-34(8,9)10)21-26(24)46-16-15-41(30(44)48-33(5,6)7)22-35(36,37)27-13-11-12-14-38-27/h17-18,24,26-27,38H,11-16,19-22H2,1-10H3,(H,39,40,43)/t24-,26+,27?/m1/s1. The van der Waals surface area contributed by atoms with Crippen LogP contribution in [0.1, 0.15) is 92.8 Å². The Bertz CT molecular complexity index is 1290. The van der Waals surface area contributed by atoms with Crippen molar-refractivity contribution in [3.8, 4) is 0 Å². The van der Waals surface area contributed by atoms with Crippen LogP contribution >= 0.6 is 0 Å². The second-order valence-corrected chi connectivity index (χ2v) is 16.1. The summed E-state index contributed by atoms with van der Waals surface area (Å²) in [7, 11) is 0. The Morgan fingerprint density at radius 1 is 0.959 bits per heavy atom. The number of nitrogens with one attached hydrogen (secondary N) is 2. The van der Waals surface area contributed by atoms with Crippen molar-refractivity contribution in [3.63, 3.8) is 0 Å². The molecule has 278 valence electrons. The maximum atomic E-state index is 15.4. The minimum Gasteiger partial charge on any atom is -0.444 e. The molecule has 1 aromatic heterocycles. The summed E-state index contributed by atoms with van der Waals surface area (Å²) in [6, 6.07) is 2.58. The molecule has 2 aliphatic rings. The van der Waals surface area contributed by atoms with E-state index in [1.165, 1.54) is 0 Å². The first-order chi connectivity index (χ1) is 22.5. The Morgan fingerprint density at radius 3 is 2.20 bits per heavy atom. The highest BCUT2D eigenvalue weighted by molar-refractivity contribution is 5.83. The molecule has 3 heterocycles. The van der Waals surface area contributed by atoms with Crippen LogP contribution in [0.3, 0.4) is 0 Å². The number of aromatic nitrogens is 1. The van der Waals surface area contributed by atoms with E-state index in [9.17, 15) is 14.4 Å². The van der Waals surface area contributed by atoms with E-state index in [-0.39, 0.29) is 25.6 Å². The Morgan fingerprint density at radius 2 is 1.61 bits per heavy atom. The van der Waals surface area contributed by atoms with Gasteiger partial charge in [-0.25, -0.2) is 28.1 Å². The van der Waals surface area contributed by atoms with Gasteiger partial charge in [-0.3, -0.25) is 10.2 Å². The van der Waals surface area contributed by atoms with Gasteiger partial charge in [-0.1, -0.05) is 6.42 Å². The molecule has 3 rings (SSSR count). The summed E-state index contributed by atoms with van der Waals surface area (Å²) in [6.07, 6.45) is -0.268. The lowest BCUT2D eigenvalue weighted by molar-refractivity contribution is -0.0781. The number of nitrogens with zero attached hydrogens (tertiary/aromatic N) is 3. The number of likely N-dealkylation sites (tertiary alicyclic amines) is 1. The molecule has 1 unspecified atom stereocenters. The van der Waals surface area contributed by atoms with E-state index in [0.717, 1.165) is 16.9 Å². The minimum atomic E-state index is -3.18. The van der Waals surface area contributed by atoms with E-state index in [0.29, 0.717) is 43.9 Å². The quantitative estimate of drug-likeness (QED) is 0.262. The molecule has 2 fully saturated rings. The highest BCUT2D eigenvalue weighted by atomic mass is 19.3. The summed E-state index contributed by atoms with van der Waals surface area (Å²) in [4.78, 5) is 45.8. The maximum absolute atomic E-state index is 15.4. The number of amides is 3. The third-order valence-corrected chi connectivity index (χ3v) is 7.72. The monoisotopic (exact) mass is 697 g/mol. The van der Waals surface area contributed by atoms with Gasteiger partial charge in [0.2, 0.25) is 0 Å². The van der Waals surface area contributed by atoms with Crippen LogP contribution in [-0.4, -0.2) is 107 Å². The van der Waals surface area contributed by atoms with Crippen LogP contribution in [0.25, 0.3) is 0 Å². The first-order valence-electron chi connectivity index (χ1n) is 17.2. The summed E-state index contributed by atoms with van der Waals surface area (Å²) >= 11 is 0. The number of hydrogen-bond donors (Lipinski definition) is 2. The number of alkyl halides is 2. The van der Waals surface area contributed by atoms with E-state index < -0.39 is 59.7 Å². The molecule has 0 saturated carbocycles. The summed E-state index contributed by atoms with van der Waals surface area (Å²) in [5.74, 6) is -3.10. The number of hydrogen-bond acceptors (Lipinski definition) is 9. The fourth-order valence-corrected chi connectivity index (χ4v) is 5.74. The largest absolute Gasteiger partial charge is 0.444 e. The minimum absolute atomic E-state index is 0.0660. The predicted octanol–water partition coefficient (Wildman–Crippen LogP) is 6.55. The lowest BCUT2D eigenvalue weighted by Crippen LogP contribution is -2.55. The summed E-state index contributed by atoms with van der Waals surface area (Å²) in [5, 5.41) is 5.58. The SMILES string of the molecule is Cc1cc(C[C@@H]2CN(C(=O)OC(C)(C)C)C[C@@H]2OCCN(CC(F)(F)C2CCCCN2)C(=O)OC(C)(C)C)nc(NC(=O)OC(C)(C)C)c1. The van der Waals surface area contributed by atoms with Crippen LogP contribution < -0.4 is 10.6 Å². The van der Waals surface area contributed by atoms with E-state index in [1.54, 1.807) is 73.3 Å². The van der Waals surface area contributed by atoms with Gasteiger partial charge < -0.3 is 29.2 Å². The van der Waals surface area contributed by atoms with E-state index in [4.69, 9.17) is 18.9 Å². The van der Waals surface area contributed by atoms with Crippen LogP contribution in [0.5, 0.6) is 0 Å². The van der Waals surface area contributed by atoms with Gasteiger partial charge in [0, 0.05) is 24.7 Å². The normalized spacial score (nSPS) is 20.5. The topological polar surface area (TPSA) is 132 Å². The fraction of sp³-hybridized carbons (Fsp3) is 0.771. The Labute approximate surface area is 289 Å². The zero-order valence-corrected chi connectivity index (χ0v) is 30.9. The van der Waals surface area contributed by atoms with Crippen molar-refractivity contribution in [1.29, 1.82) is 0 Å². The molecule has 12 nitrogen and oxygen atoms in total. The van der Waals surface area contributed by atoms with Gasteiger partial charge in [-0.15, -0.1) is 0 Å². The molecule has 0 aliphatic carbocycles. The third kappa shape index (κ3) is 13.9. The molecule has 0 radical (unpaired) electrons. The smallest absolute Gasteiger partial charge is 0.413 e. The Hall–Kier alpha value is -3.26. The summed E-state index contributed by atoms with van der Waals surface area (Å²) < 4.78 is 53.6. The first kappa shape index (κ1) is 40.2. The molecular formula is C35H57F2N5O7. The maximum Gasteiger partial charge on any atom is 0.413 e. The number of anilines is 1. The number of ether oxygens (including phenoxy) is 4. The number of piperidine rings is 1. The fourth-order valence-electron chi connectivity index (χ4n) is 5.74. The van der Waals surface area contributed by atoms with Gasteiger partial charge in [0.1, 0.15) is 22.6 Å². The second kappa shape index (κ2) is 16.2. The highest BCUT2D eigenvalue weighted by Crippen LogP contribution is 2.29. The summed E-state index contributed by atoms with van der Waals surface area (Å²) in [5.41, 5.74) is -0.754. The second-order valence-electron chi connectivity index (χ2n) is 16.1. The highest BCUT2D eigenvalue weighted by Gasteiger charge is 2.44. The number of carbonyl (C=O) groups excluding carboxylic acids is 3. The summed E-state index contributed by atoms with van der Waals surface area (Å²) in [6.45, 7) is 17.6. The van der Waals surface area contributed by atoms with Crippen molar-refractivity contribution < 1.29 is 42.1 Å². The van der Waals surface area contributed by atoms with Crippen molar-refractivity contribution in [2.75, 3.05) is 44.6 Å². The number of pyridine rings is 1. The lowest BCUT2D eigenvalue weighted by Gasteiger charge is -2.35. The molecule has 49 heavy (non-hydrogen) atoms. The molecular weight excluding hydrogens is 640 g/mol. The van der Waals surface area contributed by atoms with Gasteiger partial charge in [0.05, 0.1) is 31.8 Å². The van der Waals surface area contributed by atoms with Crippen molar-refractivity contribution in [3.05, 3.63) is 23.4 Å². The van der Waals surface area contributed by atoms with Gasteiger partial charge in [0.25, 0.3) is 5.92 Å². The van der Waals surface area contributed by atoms with Crippen LogP contribution in [-0.2, 0) is 25.4 Å². The average Bonchev–Trinajstić information content (AvgIpc) is 3.32. The van der Waals surface area contributed by atoms with E-state index >= 15 is 8.78 Å². The van der Waals surface area contributed by atoms with Gasteiger partial charge in [-0.05, 0) is 113 Å². The predicted molar refractivity (Wildman–Crippen MR) is 182 cm³/mol. The average molecular weight is 698 g/mol. The third-order valence-electron chi connectivity index (χ3n) is 7.72. The molecule has 0 aromatic carbocycles. The van der Waals surface area contributed by atoms with Crippen molar-refractivity contribution in [2.24, 2.45) is 5.92 Å². The molecule has 0 bridgehead atoms. The molecule has 2 aliphatic heterocycles. The van der Waals surface area contributed by atoms with Crippen LogP contribution in [0.2, 0.25) is 0 Å². The molecule has 2 N–H and O–H groups in total. The number of rotatable bonds is 10. The zero-order valence-electron chi connectivity index (χ0n) is 30.9. The molecule has 3 amide bonds. The number of aryl methyl sites for hydroxylation is 1. The number of halogens is 2. The van der Waals surface area contributed by atoms with Crippen molar-refractivity contribution in [1.82, 2.24) is 20.1 Å². The Balaban J connectivity index is 1.77. The van der Waals surface area contributed by atoms with Crippen LogP contribution in [0.4, 0.5) is 29.0 Å². The zero-order chi connectivity index (χ0) is 36.8. The van der Waals surface area contributed by atoms with E-state index in [1.807, 2.05) is 13.0 Å². The van der Waals surface area contributed by atoms with E-state index in [2.05, 4.69) is 15.6 Å². The van der Waals surface area contributed by atoms with Crippen LogP contribution in [0.15, 0.2) is 12.1 Å².